The molecule has 5 aromatic rings. The summed E-state index contributed by atoms with van der Waals surface area (Å²) < 4.78 is 13.5. The predicted molar refractivity (Wildman–Crippen MR) is 147 cm³/mol. The summed E-state index contributed by atoms with van der Waals surface area (Å²) in [6.45, 7) is 2.07. The van der Waals surface area contributed by atoms with Crippen LogP contribution in [-0.2, 0) is 28.8 Å². The SMILES string of the molecule is [Au+].[C-]#Cc1ccc(F)c2ccc(CCC)nc12.c1ccc(P(c2ccccc2)c2ccccc2)cc1. The summed E-state index contributed by atoms with van der Waals surface area (Å²) in [5, 5.41) is 4.65. The third-order valence-electron chi connectivity index (χ3n) is 5.55. The second-order valence-electron chi connectivity index (χ2n) is 8.01. The number of hydrogen-bond acceptors (Lipinski definition) is 1. The van der Waals surface area contributed by atoms with E-state index in [0.717, 1.165) is 18.5 Å². The van der Waals surface area contributed by atoms with Crippen LogP contribution in [-0.4, -0.2) is 4.98 Å². The summed E-state index contributed by atoms with van der Waals surface area (Å²) in [4.78, 5) is 4.37. The molecule has 0 aliphatic rings. The molecular formula is C32H26AuFNP. The van der Waals surface area contributed by atoms with Crippen LogP contribution in [0.3, 0.4) is 0 Å². The van der Waals surface area contributed by atoms with Gasteiger partial charge < -0.3 is 6.42 Å². The number of aromatic nitrogens is 1. The molecule has 4 aromatic carbocycles. The minimum absolute atomic E-state index is 0. The molecule has 1 aromatic heterocycles. The molecule has 182 valence electrons. The van der Waals surface area contributed by atoms with Crippen molar-refractivity contribution in [2.24, 2.45) is 0 Å². The van der Waals surface area contributed by atoms with E-state index in [1.807, 2.05) is 6.07 Å². The summed E-state index contributed by atoms with van der Waals surface area (Å²) in [7, 11) is -0.446. The molecule has 1 nitrogen and oxygen atoms in total. The van der Waals surface area contributed by atoms with Gasteiger partial charge in [-0.2, -0.15) is 0 Å². The van der Waals surface area contributed by atoms with Gasteiger partial charge in [-0.25, -0.2) is 4.39 Å². The molecule has 0 saturated carbocycles. The van der Waals surface area contributed by atoms with Crippen molar-refractivity contribution in [3.8, 4) is 5.92 Å². The number of nitrogens with zero attached hydrogens (tertiary/aromatic N) is 1. The van der Waals surface area contributed by atoms with E-state index in [2.05, 4.69) is 109 Å². The van der Waals surface area contributed by atoms with Crippen molar-refractivity contribution >= 4 is 34.7 Å². The molecule has 36 heavy (non-hydrogen) atoms. The van der Waals surface area contributed by atoms with E-state index in [9.17, 15) is 4.39 Å². The topological polar surface area (TPSA) is 12.9 Å². The van der Waals surface area contributed by atoms with Crippen LogP contribution in [0.15, 0.2) is 115 Å². The minimum atomic E-state index is -0.446. The summed E-state index contributed by atoms with van der Waals surface area (Å²) in [6, 6.07) is 38.8. The third-order valence-corrected chi connectivity index (χ3v) is 7.99. The average Bonchev–Trinajstić information content (AvgIpc) is 2.92. The maximum atomic E-state index is 13.5. The number of fused-ring (bicyclic) bond motifs is 1. The van der Waals surface area contributed by atoms with Gasteiger partial charge in [-0.15, -0.1) is 11.6 Å². The van der Waals surface area contributed by atoms with Gasteiger partial charge in [0, 0.05) is 16.6 Å². The van der Waals surface area contributed by atoms with Gasteiger partial charge >= 0.3 is 22.4 Å². The number of pyridine rings is 1. The summed E-state index contributed by atoms with van der Waals surface area (Å²) in [5.41, 5.74) is 1.99. The fourth-order valence-electron chi connectivity index (χ4n) is 3.90. The van der Waals surface area contributed by atoms with Crippen LogP contribution >= 0.6 is 7.92 Å². The standard InChI is InChI=1S/C18H15P.C14H11FN.Au/c1-4-10-16(11-5-1)19(17-12-6-2-7-13-17)18-14-8-3-9-15-18;1-3-5-11-7-8-12-13(15)9-6-10(4-2)14(12)16-11;/h1-15H;6-9H,3,5H2,1H3;/q;-1;+1. The van der Waals surface area contributed by atoms with E-state index in [1.54, 1.807) is 6.07 Å². The number of rotatable bonds is 5. The molecular weight excluding hydrogens is 645 g/mol. The second-order valence-corrected chi connectivity index (χ2v) is 10.2. The molecule has 4 heteroatoms. The van der Waals surface area contributed by atoms with E-state index >= 15 is 0 Å². The Labute approximate surface area is 230 Å². The zero-order valence-corrected chi connectivity index (χ0v) is 23.0. The normalized spacial score (nSPS) is 10.2. The zero-order valence-electron chi connectivity index (χ0n) is 20.0. The van der Waals surface area contributed by atoms with Crippen LogP contribution in [0.25, 0.3) is 10.9 Å². The number of aryl methyl sites for hydroxylation is 1. The van der Waals surface area contributed by atoms with Gasteiger partial charge in [-0.3, -0.25) is 10.9 Å². The van der Waals surface area contributed by atoms with Gasteiger partial charge in [0.25, 0.3) is 0 Å². The Morgan fingerprint density at radius 3 is 1.67 bits per heavy atom. The van der Waals surface area contributed by atoms with Crippen molar-refractivity contribution in [2.75, 3.05) is 0 Å². The van der Waals surface area contributed by atoms with Gasteiger partial charge in [0.1, 0.15) is 5.82 Å². The smallest absolute Gasteiger partial charge is 0.366 e. The monoisotopic (exact) mass is 671 g/mol. The van der Waals surface area contributed by atoms with E-state index in [1.165, 1.54) is 28.0 Å². The quantitative estimate of drug-likeness (QED) is 0.0878. The molecule has 0 aliphatic carbocycles. The molecule has 0 atom stereocenters. The van der Waals surface area contributed by atoms with E-state index in [-0.39, 0.29) is 28.2 Å². The number of halogens is 1. The van der Waals surface area contributed by atoms with E-state index in [0.29, 0.717) is 16.5 Å². The van der Waals surface area contributed by atoms with Gasteiger partial charge in [0.15, 0.2) is 0 Å². The molecule has 0 saturated heterocycles. The first-order valence-electron chi connectivity index (χ1n) is 11.7. The third kappa shape index (κ3) is 6.79. The molecule has 0 fully saturated rings. The first kappa shape index (κ1) is 27.5. The van der Waals surface area contributed by atoms with Crippen molar-refractivity contribution in [3.63, 3.8) is 0 Å². The molecule has 0 amide bonds. The van der Waals surface area contributed by atoms with Crippen molar-refractivity contribution < 1.29 is 26.8 Å². The largest absolute Gasteiger partial charge is 1.00 e. The van der Waals surface area contributed by atoms with Gasteiger partial charge in [-0.05, 0) is 48.5 Å². The number of benzene rings is 4. The Morgan fingerprint density at radius 1 is 0.722 bits per heavy atom. The molecule has 0 bridgehead atoms. The fraction of sp³-hybridized carbons (Fsp3) is 0.0938. The fourth-order valence-corrected chi connectivity index (χ4v) is 6.20. The van der Waals surface area contributed by atoms with Crippen LogP contribution < -0.4 is 15.9 Å². The van der Waals surface area contributed by atoms with E-state index in [4.69, 9.17) is 6.42 Å². The summed E-state index contributed by atoms with van der Waals surface area (Å²) >= 11 is 0. The van der Waals surface area contributed by atoms with Gasteiger partial charge in [-0.1, -0.05) is 104 Å². The maximum absolute atomic E-state index is 13.5. The Hall–Kier alpha value is -3.05. The maximum Gasteiger partial charge on any atom is 1.00 e. The van der Waals surface area contributed by atoms with E-state index < -0.39 is 7.92 Å². The Morgan fingerprint density at radius 2 is 1.22 bits per heavy atom. The minimum Gasteiger partial charge on any atom is -0.366 e. The Kier molecular flexibility index (Phi) is 10.6. The average molecular weight is 672 g/mol. The predicted octanol–water partition coefficient (Wildman–Crippen LogP) is 6.71. The van der Waals surface area contributed by atoms with Crippen LogP contribution in [0.2, 0.25) is 0 Å². The van der Waals surface area contributed by atoms with Crippen LogP contribution in [0, 0.1) is 18.2 Å². The summed E-state index contributed by atoms with van der Waals surface area (Å²) in [6.07, 6.45) is 9.02. The van der Waals surface area contributed by atoms with Gasteiger partial charge in [0.05, 0.1) is 0 Å². The van der Waals surface area contributed by atoms with Crippen LogP contribution in [0.1, 0.15) is 24.6 Å². The first-order chi connectivity index (χ1) is 17.2. The zero-order chi connectivity index (χ0) is 24.5. The van der Waals surface area contributed by atoms with Crippen LogP contribution in [0.4, 0.5) is 4.39 Å². The van der Waals surface area contributed by atoms with Crippen molar-refractivity contribution in [3.05, 3.63) is 139 Å². The van der Waals surface area contributed by atoms with Crippen molar-refractivity contribution in [2.45, 2.75) is 19.8 Å². The van der Waals surface area contributed by atoms with Crippen LogP contribution in [0.5, 0.6) is 0 Å². The molecule has 5 rings (SSSR count). The Bertz CT molecular complexity index is 1320. The molecule has 0 aliphatic heterocycles. The molecule has 0 N–H and O–H groups in total. The Balaban J connectivity index is 0.000000198. The molecule has 0 spiro atoms. The second kappa shape index (κ2) is 13.9. The molecule has 0 unspecified atom stereocenters. The first-order valence-corrected chi connectivity index (χ1v) is 13.0. The van der Waals surface area contributed by atoms with Gasteiger partial charge in [0.2, 0.25) is 0 Å². The summed E-state index contributed by atoms with van der Waals surface area (Å²) in [5.74, 6) is 1.99. The molecule has 0 radical (unpaired) electrons. The molecule has 1 heterocycles. The number of hydrogen-bond donors (Lipinski definition) is 0. The van der Waals surface area contributed by atoms with Crippen molar-refractivity contribution in [1.29, 1.82) is 0 Å². The van der Waals surface area contributed by atoms with Crippen molar-refractivity contribution in [1.82, 2.24) is 4.98 Å².